The second kappa shape index (κ2) is 7.11. The summed E-state index contributed by atoms with van der Waals surface area (Å²) in [5.41, 5.74) is 0. The van der Waals surface area contributed by atoms with Crippen LogP contribution in [0.15, 0.2) is 24.3 Å². The molecular formula is C13H18ClNO3. The number of methoxy groups -OCH3 is 1. The molecule has 0 radical (unpaired) electrons. The van der Waals surface area contributed by atoms with Gasteiger partial charge in [-0.05, 0) is 31.2 Å². The lowest BCUT2D eigenvalue weighted by Gasteiger charge is -2.18. The van der Waals surface area contributed by atoms with Gasteiger partial charge in [-0.2, -0.15) is 0 Å². The Bertz CT molecular complexity index is 378. The van der Waals surface area contributed by atoms with Crippen molar-refractivity contribution in [3.8, 4) is 11.5 Å². The van der Waals surface area contributed by atoms with Gasteiger partial charge in [0.15, 0.2) is 0 Å². The normalized spacial score (nSPS) is 11.8. The van der Waals surface area contributed by atoms with Crippen molar-refractivity contribution in [2.24, 2.45) is 0 Å². The Labute approximate surface area is 112 Å². The molecule has 0 aliphatic heterocycles. The second-order valence-corrected chi connectivity index (χ2v) is 4.55. The molecule has 4 nitrogen and oxygen atoms in total. The molecule has 5 heteroatoms. The number of alkyl halides is 1. The van der Waals surface area contributed by atoms with Crippen LogP contribution in [0.4, 0.5) is 0 Å². The summed E-state index contributed by atoms with van der Waals surface area (Å²) in [4.78, 5) is 13.0. The number of hydrogen-bond donors (Lipinski definition) is 0. The molecule has 0 saturated heterocycles. The van der Waals surface area contributed by atoms with E-state index >= 15 is 0 Å². The zero-order valence-electron chi connectivity index (χ0n) is 10.9. The van der Waals surface area contributed by atoms with Gasteiger partial charge in [0, 0.05) is 7.05 Å². The molecular weight excluding hydrogens is 254 g/mol. The van der Waals surface area contributed by atoms with Crippen molar-refractivity contribution in [1.82, 2.24) is 4.90 Å². The lowest BCUT2D eigenvalue weighted by atomic mass is 10.3. The quantitative estimate of drug-likeness (QED) is 0.745. The molecule has 0 spiro atoms. The minimum atomic E-state index is -0.504. The summed E-state index contributed by atoms with van der Waals surface area (Å²) in [5, 5.41) is -0.504. The minimum absolute atomic E-state index is 0.102. The fourth-order valence-corrected chi connectivity index (χ4v) is 1.55. The molecule has 0 aromatic heterocycles. The van der Waals surface area contributed by atoms with Gasteiger partial charge in [-0.1, -0.05) is 0 Å². The summed E-state index contributed by atoms with van der Waals surface area (Å²) in [6, 6.07) is 7.30. The monoisotopic (exact) mass is 271 g/mol. The smallest absolute Gasteiger partial charge is 0.240 e. The van der Waals surface area contributed by atoms with Crippen molar-refractivity contribution in [2.45, 2.75) is 12.3 Å². The van der Waals surface area contributed by atoms with Crippen LogP contribution in [0, 0.1) is 0 Å². The van der Waals surface area contributed by atoms with Crippen LogP contribution in [0.1, 0.15) is 6.92 Å². The third-order valence-corrected chi connectivity index (χ3v) is 2.66. The Hall–Kier alpha value is -1.42. The molecule has 1 aromatic rings. The molecule has 0 fully saturated rings. The lowest BCUT2D eigenvalue weighted by Crippen LogP contribution is -2.35. The van der Waals surface area contributed by atoms with Crippen LogP contribution < -0.4 is 9.47 Å². The van der Waals surface area contributed by atoms with E-state index < -0.39 is 5.38 Å². The van der Waals surface area contributed by atoms with E-state index in [1.165, 1.54) is 0 Å². The largest absolute Gasteiger partial charge is 0.497 e. The van der Waals surface area contributed by atoms with Gasteiger partial charge in [-0.15, -0.1) is 11.6 Å². The zero-order valence-corrected chi connectivity index (χ0v) is 11.6. The Kier molecular flexibility index (Phi) is 5.78. The Morgan fingerprint density at radius 3 is 2.39 bits per heavy atom. The van der Waals surface area contributed by atoms with Crippen molar-refractivity contribution in [3.05, 3.63) is 24.3 Å². The molecule has 100 valence electrons. The maximum atomic E-state index is 11.5. The molecule has 0 aliphatic rings. The van der Waals surface area contributed by atoms with Crippen LogP contribution in [-0.4, -0.2) is 43.5 Å². The molecule has 18 heavy (non-hydrogen) atoms. The molecule has 0 bridgehead atoms. The van der Waals surface area contributed by atoms with E-state index in [-0.39, 0.29) is 5.91 Å². The molecule has 1 rings (SSSR count). The van der Waals surface area contributed by atoms with Gasteiger partial charge in [0.25, 0.3) is 0 Å². The summed E-state index contributed by atoms with van der Waals surface area (Å²) >= 11 is 5.71. The van der Waals surface area contributed by atoms with Crippen LogP contribution in [0.2, 0.25) is 0 Å². The van der Waals surface area contributed by atoms with Crippen LogP contribution >= 0.6 is 11.6 Å². The number of carbonyl (C=O) groups is 1. The van der Waals surface area contributed by atoms with E-state index in [4.69, 9.17) is 21.1 Å². The number of halogens is 1. The number of amides is 1. The van der Waals surface area contributed by atoms with Gasteiger partial charge in [0.1, 0.15) is 23.5 Å². The lowest BCUT2D eigenvalue weighted by molar-refractivity contribution is -0.129. The average Bonchev–Trinajstić information content (AvgIpc) is 2.38. The highest BCUT2D eigenvalue weighted by Gasteiger charge is 2.14. The van der Waals surface area contributed by atoms with Crippen LogP contribution in [0.25, 0.3) is 0 Å². The highest BCUT2D eigenvalue weighted by molar-refractivity contribution is 6.30. The standard InChI is InChI=1S/C13H18ClNO3/c1-10(14)13(16)15(2)8-9-18-12-6-4-11(17-3)5-7-12/h4-7,10H,8-9H2,1-3H3. The van der Waals surface area contributed by atoms with E-state index in [1.54, 1.807) is 26.0 Å². The summed E-state index contributed by atoms with van der Waals surface area (Å²) < 4.78 is 10.6. The number of ether oxygens (including phenoxy) is 2. The minimum Gasteiger partial charge on any atom is -0.497 e. The number of likely N-dealkylation sites (N-methyl/N-ethyl adjacent to an activating group) is 1. The molecule has 0 N–H and O–H groups in total. The predicted octanol–water partition coefficient (Wildman–Crippen LogP) is 2.16. The molecule has 0 aliphatic carbocycles. The van der Waals surface area contributed by atoms with E-state index in [1.807, 2.05) is 24.3 Å². The first-order valence-electron chi connectivity index (χ1n) is 5.70. The first-order chi connectivity index (χ1) is 8.54. The molecule has 1 amide bonds. The van der Waals surface area contributed by atoms with E-state index in [0.717, 1.165) is 11.5 Å². The van der Waals surface area contributed by atoms with Crippen LogP contribution in [-0.2, 0) is 4.79 Å². The van der Waals surface area contributed by atoms with Crippen molar-refractivity contribution >= 4 is 17.5 Å². The Morgan fingerprint density at radius 1 is 1.33 bits per heavy atom. The maximum absolute atomic E-state index is 11.5. The van der Waals surface area contributed by atoms with E-state index in [0.29, 0.717) is 13.2 Å². The van der Waals surface area contributed by atoms with Gasteiger partial charge in [0.2, 0.25) is 5.91 Å². The average molecular weight is 272 g/mol. The molecule has 1 aromatic carbocycles. The van der Waals surface area contributed by atoms with Crippen molar-refractivity contribution in [2.75, 3.05) is 27.3 Å². The second-order valence-electron chi connectivity index (χ2n) is 3.90. The highest BCUT2D eigenvalue weighted by Crippen LogP contribution is 2.16. The summed E-state index contributed by atoms with van der Waals surface area (Å²) in [6.07, 6.45) is 0. The first kappa shape index (κ1) is 14.6. The van der Waals surface area contributed by atoms with Gasteiger partial charge >= 0.3 is 0 Å². The molecule has 0 heterocycles. The zero-order chi connectivity index (χ0) is 13.5. The van der Waals surface area contributed by atoms with Crippen molar-refractivity contribution in [1.29, 1.82) is 0 Å². The number of benzene rings is 1. The number of carbonyl (C=O) groups excluding carboxylic acids is 1. The van der Waals surface area contributed by atoms with Gasteiger partial charge in [0.05, 0.1) is 13.7 Å². The fourth-order valence-electron chi connectivity index (χ4n) is 1.39. The highest BCUT2D eigenvalue weighted by atomic mass is 35.5. The predicted molar refractivity (Wildman–Crippen MR) is 71.4 cm³/mol. The third-order valence-electron chi connectivity index (χ3n) is 2.47. The Balaban J connectivity index is 2.34. The van der Waals surface area contributed by atoms with Gasteiger partial charge in [-0.3, -0.25) is 4.79 Å². The Morgan fingerprint density at radius 2 is 1.89 bits per heavy atom. The van der Waals surface area contributed by atoms with Gasteiger partial charge < -0.3 is 14.4 Å². The topological polar surface area (TPSA) is 38.8 Å². The number of rotatable bonds is 6. The van der Waals surface area contributed by atoms with E-state index in [9.17, 15) is 4.79 Å². The fraction of sp³-hybridized carbons (Fsp3) is 0.462. The van der Waals surface area contributed by atoms with Crippen LogP contribution in [0.3, 0.4) is 0 Å². The summed E-state index contributed by atoms with van der Waals surface area (Å²) in [5.74, 6) is 1.43. The van der Waals surface area contributed by atoms with E-state index in [2.05, 4.69) is 0 Å². The van der Waals surface area contributed by atoms with Crippen molar-refractivity contribution in [3.63, 3.8) is 0 Å². The number of nitrogens with zero attached hydrogens (tertiary/aromatic N) is 1. The number of hydrogen-bond acceptors (Lipinski definition) is 3. The molecule has 1 atom stereocenters. The van der Waals surface area contributed by atoms with Gasteiger partial charge in [-0.25, -0.2) is 0 Å². The summed E-state index contributed by atoms with van der Waals surface area (Å²) in [6.45, 7) is 2.59. The van der Waals surface area contributed by atoms with Crippen LogP contribution in [0.5, 0.6) is 11.5 Å². The summed E-state index contributed by atoms with van der Waals surface area (Å²) in [7, 11) is 3.32. The molecule has 0 saturated carbocycles. The SMILES string of the molecule is COc1ccc(OCCN(C)C(=O)C(C)Cl)cc1. The first-order valence-corrected chi connectivity index (χ1v) is 6.14. The maximum Gasteiger partial charge on any atom is 0.240 e. The van der Waals surface area contributed by atoms with Crippen molar-refractivity contribution < 1.29 is 14.3 Å². The third kappa shape index (κ3) is 4.45. The molecule has 1 unspecified atom stereocenters.